The minimum atomic E-state index is -1.14. The first-order chi connectivity index (χ1) is 13.5. The van der Waals surface area contributed by atoms with Crippen molar-refractivity contribution >= 4 is 10.8 Å². The van der Waals surface area contributed by atoms with Gasteiger partial charge in [-0.2, -0.15) is 0 Å². The fraction of sp³-hybridized carbons (Fsp3) is 0.455. The van der Waals surface area contributed by atoms with Crippen LogP contribution in [0.2, 0.25) is 0 Å². The van der Waals surface area contributed by atoms with Crippen LogP contribution in [0.25, 0.3) is 11.1 Å². The average Bonchev–Trinajstić information content (AvgIpc) is 2.94. The quantitative estimate of drug-likeness (QED) is 0.486. The van der Waals surface area contributed by atoms with Crippen LogP contribution in [0.5, 0.6) is 11.5 Å². The maximum Gasteiger partial charge on any atom is 0.119 e. The fourth-order valence-corrected chi connectivity index (χ4v) is 4.56. The van der Waals surface area contributed by atoms with Crippen LogP contribution < -0.4 is 9.47 Å². The summed E-state index contributed by atoms with van der Waals surface area (Å²) in [5.74, 6) is 1.64. The molecule has 0 aromatic heterocycles. The lowest BCUT2D eigenvalue weighted by Gasteiger charge is -2.12. The molecular weight excluding hydrogens is 372 g/mol. The van der Waals surface area contributed by atoms with Crippen LogP contribution in [0.4, 0.5) is 0 Å². The molecule has 0 fully saturated rings. The molecule has 0 spiro atoms. The van der Waals surface area contributed by atoms with E-state index in [1.165, 1.54) is 0 Å². The second kappa shape index (κ2) is 9.54. The van der Waals surface area contributed by atoms with Gasteiger partial charge in [-0.3, -0.25) is 0 Å². The lowest BCUT2D eigenvalue weighted by molar-refractivity contribution is 0.281. The predicted octanol–water partition coefficient (Wildman–Crippen LogP) is 3.49. The van der Waals surface area contributed by atoms with Crippen LogP contribution in [0, 0.1) is 0 Å². The summed E-state index contributed by atoms with van der Waals surface area (Å²) < 4.78 is 24.6. The smallest absolute Gasteiger partial charge is 0.119 e. The maximum absolute atomic E-state index is 12.8. The van der Waals surface area contributed by atoms with Gasteiger partial charge in [0, 0.05) is 24.2 Å². The van der Waals surface area contributed by atoms with Gasteiger partial charge in [0.2, 0.25) is 0 Å². The van der Waals surface area contributed by atoms with E-state index in [1.807, 2.05) is 36.4 Å². The Morgan fingerprint density at radius 1 is 0.750 bits per heavy atom. The lowest BCUT2D eigenvalue weighted by atomic mass is 10.1. The largest absolute Gasteiger partial charge is 0.494 e. The van der Waals surface area contributed by atoms with Crippen molar-refractivity contribution < 1.29 is 13.7 Å². The van der Waals surface area contributed by atoms with Crippen LogP contribution in [-0.2, 0) is 10.8 Å². The Bertz CT molecular complexity index is 769. The molecule has 0 bridgehead atoms. The highest BCUT2D eigenvalue weighted by Gasteiger charge is 2.26. The number of ether oxygens (including phenoxy) is 2. The third kappa shape index (κ3) is 5.13. The molecule has 6 heteroatoms. The third-order valence-corrected chi connectivity index (χ3v) is 6.14. The number of hydrogen-bond donors (Lipinski definition) is 0. The van der Waals surface area contributed by atoms with Crippen LogP contribution in [0.3, 0.4) is 0 Å². The van der Waals surface area contributed by atoms with Crippen molar-refractivity contribution in [1.29, 1.82) is 0 Å². The van der Waals surface area contributed by atoms with Gasteiger partial charge < -0.3 is 19.3 Å². The van der Waals surface area contributed by atoms with E-state index < -0.39 is 10.8 Å². The summed E-state index contributed by atoms with van der Waals surface area (Å²) in [6.07, 6.45) is 1.94. The summed E-state index contributed by atoms with van der Waals surface area (Å²) >= 11 is 0. The second-order valence-corrected chi connectivity index (χ2v) is 9.01. The first-order valence-electron chi connectivity index (χ1n) is 9.71. The van der Waals surface area contributed by atoms with E-state index in [0.717, 1.165) is 58.3 Å². The molecule has 1 aliphatic rings. The number of hydrogen-bond acceptors (Lipinski definition) is 5. The molecule has 0 atom stereocenters. The van der Waals surface area contributed by atoms with Gasteiger partial charge in [-0.25, -0.2) is 4.21 Å². The molecule has 2 aromatic carbocycles. The molecule has 28 heavy (non-hydrogen) atoms. The number of fused-ring (bicyclic) bond motifs is 3. The maximum atomic E-state index is 12.8. The van der Waals surface area contributed by atoms with E-state index in [-0.39, 0.29) is 0 Å². The van der Waals surface area contributed by atoms with Crippen LogP contribution >= 0.6 is 0 Å². The molecule has 1 heterocycles. The van der Waals surface area contributed by atoms with Gasteiger partial charge in [-0.1, -0.05) is 0 Å². The number of rotatable bonds is 10. The van der Waals surface area contributed by atoms with Crippen LogP contribution in [0.15, 0.2) is 46.2 Å². The molecule has 0 saturated heterocycles. The molecule has 0 radical (unpaired) electrons. The highest BCUT2D eigenvalue weighted by Crippen LogP contribution is 2.43. The topological polar surface area (TPSA) is 42.0 Å². The normalized spacial score (nSPS) is 13.1. The Balaban J connectivity index is 1.71. The first-order valence-corrected chi connectivity index (χ1v) is 10.9. The Morgan fingerprint density at radius 2 is 1.18 bits per heavy atom. The predicted molar refractivity (Wildman–Crippen MR) is 114 cm³/mol. The third-order valence-electron chi connectivity index (χ3n) is 4.63. The second-order valence-electron chi connectivity index (χ2n) is 7.60. The van der Waals surface area contributed by atoms with Gasteiger partial charge in [0.1, 0.15) is 11.5 Å². The molecule has 0 aliphatic carbocycles. The number of nitrogens with zero attached hydrogens (tertiary/aromatic N) is 2. The average molecular weight is 403 g/mol. The van der Waals surface area contributed by atoms with Crippen molar-refractivity contribution in [2.75, 3.05) is 54.5 Å². The molecule has 3 rings (SSSR count). The molecule has 2 aromatic rings. The van der Waals surface area contributed by atoms with Crippen molar-refractivity contribution in [2.45, 2.75) is 22.6 Å². The Morgan fingerprint density at radius 3 is 1.57 bits per heavy atom. The van der Waals surface area contributed by atoms with Crippen molar-refractivity contribution in [3.05, 3.63) is 36.4 Å². The Labute approximate surface area is 170 Å². The lowest BCUT2D eigenvalue weighted by Crippen LogP contribution is -2.15. The molecule has 5 nitrogen and oxygen atoms in total. The van der Waals surface area contributed by atoms with Gasteiger partial charge >= 0.3 is 0 Å². The van der Waals surface area contributed by atoms with Crippen molar-refractivity contribution in [3.8, 4) is 22.6 Å². The van der Waals surface area contributed by atoms with E-state index in [9.17, 15) is 4.21 Å². The standard InChI is InChI=1S/C22H30N2O3S/c1-23(2)11-5-13-26-17-7-9-21-19(15-17)20-16-18(8-10-22(20)28(21)25)27-14-6-12-24(3)4/h7-10,15-16H,5-6,11-14H2,1-4H3. The molecule has 0 N–H and O–H groups in total. The molecule has 0 amide bonds. The van der Waals surface area contributed by atoms with Crippen molar-refractivity contribution in [2.24, 2.45) is 0 Å². The summed E-state index contributed by atoms with van der Waals surface area (Å²) in [5.41, 5.74) is 1.97. The first kappa shape index (κ1) is 20.8. The summed E-state index contributed by atoms with van der Waals surface area (Å²) in [7, 11) is 7.09. The van der Waals surface area contributed by atoms with E-state index in [4.69, 9.17) is 9.47 Å². The van der Waals surface area contributed by atoms with E-state index in [1.54, 1.807) is 0 Å². The monoisotopic (exact) mass is 402 g/mol. The zero-order valence-electron chi connectivity index (χ0n) is 17.2. The van der Waals surface area contributed by atoms with E-state index in [2.05, 4.69) is 38.0 Å². The Hall–Kier alpha value is -1.89. The highest BCUT2D eigenvalue weighted by molar-refractivity contribution is 7.85. The van der Waals surface area contributed by atoms with Gasteiger partial charge in [0.25, 0.3) is 0 Å². The summed E-state index contributed by atoms with van der Waals surface area (Å²) in [6, 6.07) is 11.7. The van der Waals surface area contributed by atoms with Gasteiger partial charge in [-0.15, -0.1) is 0 Å². The Kier molecular flexibility index (Phi) is 7.10. The van der Waals surface area contributed by atoms with Crippen LogP contribution in [0.1, 0.15) is 12.8 Å². The van der Waals surface area contributed by atoms with Gasteiger partial charge in [-0.05, 0) is 77.4 Å². The molecule has 1 aliphatic heterocycles. The number of benzene rings is 2. The van der Waals surface area contributed by atoms with Crippen molar-refractivity contribution in [1.82, 2.24) is 9.80 Å². The zero-order valence-corrected chi connectivity index (χ0v) is 18.1. The van der Waals surface area contributed by atoms with Crippen LogP contribution in [-0.4, -0.2) is 68.5 Å². The zero-order chi connectivity index (χ0) is 20.1. The fourth-order valence-electron chi connectivity index (χ4n) is 3.20. The molecule has 0 saturated carbocycles. The molecule has 152 valence electrons. The van der Waals surface area contributed by atoms with E-state index in [0.29, 0.717) is 13.2 Å². The molecular formula is C22H30N2O3S. The SMILES string of the molecule is CN(C)CCCOc1ccc2c(c1)-c1cc(OCCCN(C)C)ccc1S2=O. The highest BCUT2D eigenvalue weighted by atomic mass is 32.2. The van der Waals surface area contributed by atoms with Gasteiger partial charge in [0.15, 0.2) is 0 Å². The van der Waals surface area contributed by atoms with Gasteiger partial charge in [0.05, 0.1) is 33.8 Å². The summed E-state index contributed by atoms with van der Waals surface area (Å²) in [6.45, 7) is 3.32. The summed E-state index contributed by atoms with van der Waals surface area (Å²) in [4.78, 5) is 5.98. The minimum absolute atomic E-state index is 0.669. The van der Waals surface area contributed by atoms with Crippen molar-refractivity contribution in [3.63, 3.8) is 0 Å². The summed E-state index contributed by atoms with van der Waals surface area (Å²) in [5, 5.41) is 0. The van der Waals surface area contributed by atoms with E-state index >= 15 is 0 Å². The minimum Gasteiger partial charge on any atom is -0.494 e. The molecule has 0 unspecified atom stereocenters.